The highest BCUT2D eigenvalue weighted by molar-refractivity contribution is 5.96. The Hall–Kier alpha value is -6.42. The fourth-order valence-electron chi connectivity index (χ4n) is 8.27. The molecule has 0 saturated carbocycles. The lowest BCUT2D eigenvalue weighted by Crippen LogP contribution is -2.35. The summed E-state index contributed by atoms with van der Waals surface area (Å²) >= 11 is 0. The van der Waals surface area contributed by atoms with Crippen LogP contribution < -0.4 is 16.0 Å². The molecule has 3 atom stereocenters. The first kappa shape index (κ1) is 47.5. The van der Waals surface area contributed by atoms with E-state index in [9.17, 15) is 14.4 Å². The Morgan fingerprint density at radius 3 is 0.894 bits per heavy atom. The molecule has 7 rings (SSSR count). The van der Waals surface area contributed by atoms with E-state index < -0.39 is 35.8 Å². The van der Waals surface area contributed by atoms with Crippen molar-refractivity contribution in [3.63, 3.8) is 0 Å². The van der Waals surface area contributed by atoms with Crippen molar-refractivity contribution in [3.8, 4) is 0 Å². The van der Waals surface area contributed by atoms with Gasteiger partial charge < -0.3 is 43.9 Å². The maximum absolute atomic E-state index is 14.8. The summed E-state index contributed by atoms with van der Waals surface area (Å²) in [6, 6.07) is 27.4. The zero-order chi connectivity index (χ0) is 47.1. The minimum absolute atomic E-state index is 0.0605. The summed E-state index contributed by atoms with van der Waals surface area (Å²) in [6.07, 6.45) is 0. The second-order valence-corrected chi connectivity index (χ2v) is 18.0. The summed E-state index contributed by atoms with van der Waals surface area (Å²) in [6.45, 7) is 13.0. The standard InChI is InChI=1S/C51H63N9O6/c1-31(2)40-46-52-44(37(58(46)7)28-64-25-34-19-13-10-14-20-34)50(62)56-42(33(5)6)48-54-45(39(60(48)9)30-66-27-36-23-17-12-18-24-36)51(63)57-41(32(3)4)47-53-43(49(61)55-40)38(59(47)8)29-65-26-35-21-15-11-16-22-35/h10-24,31-33,40-42H,25-30H2,1-9H3,(H,55,61)(H,56,62)(H,57,63)/t40-,41-,42-/m0/s1. The number of aromatic nitrogens is 6. The summed E-state index contributed by atoms with van der Waals surface area (Å²) in [5, 5.41) is 9.71. The van der Waals surface area contributed by atoms with Gasteiger partial charge in [0.2, 0.25) is 0 Å². The number of carbonyl (C=O) groups excluding carboxylic acids is 3. The van der Waals surface area contributed by atoms with Gasteiger partial charge in [0.1, 0.15) is 17.5 Å². The van der Waals surface area contributed by atoms with Crippen LogP contribution in [-0.2, 0) is 75.0 Å². The summed E-state index contributed by atoms with van der Waals surface area (Å²) in [5.41, 5.74) is 4.99. The molecule has 3 amide bonds. The van der Waals surface area contributed by atoms with Gasteiger partial charge >= 0.3 is 0 Å². The summed E-state index contributed by atoms with van der Waals surface area (Å²) in [7, 11) is 5.51. The monoisotopic (exact) mass is 897 g/mol. The largest absolute Gasteiger partial charge is 0.370 e. The third-order valence-electron chi connectivity index (χ3n) is 12.1. The molecule has 0 aliphatic carbocycles. The van der Waals surface area contributed by atoms with Crippen LogP contribution in [0.25, 0.3) is 0 Å². The van der Waals surface area contributed by atoms with Gasteiger partial charge in [-0.25, -0.2) is 15.0 Å². The highest BCUT2D eigenvalue weighted by Crippen LogP contribution is 2.31. The van der Waals surface area contributed by atoms with Gasteiger partial charge in [0.15, 0.2) is 17.1 Å². The number of ether oxygens (including phenoxy) is 3. The quantitative estimate of drug-likeness (QED) is 0.0935. The van der Waals surface area contributed by atoms with Crippen LogP contribution >= 0.6 is 0 Å². The van der Waals surface area contributed by atoms with Crippen LogP contribution in [0.4, 0.5) is 0 Å². The van der Waals surface area contributed by atoms with Crippen LogP contribution in [0.15, 0.2) is 91.0 Å². The highest BCUT2D eigenvalue weighted by Gasteiger charge is 2.36. The topological polar surface area (TPSA) is 168 Å². The average Bonchev–Trinajstić information content (AvgIpc) is 3.93. The maximum atomic E-state index is 14.8. The predicted octanol–water partition coefficient (Wildman–Crippen LogP) is 7.73. The van der Waals surface area contributed by atoms with Crippen molar-refractivity contribution >= 4 is 17.7 Å². The molecule has 6 bridgehead atoms. The van der Waals surface area contributed by atoms with Crippen molar-refractivity contribution in [1.82, 2.24) is 44.6 Å². The van der Waals surface area contributed by atoms with Gasteiger partial charge in [0.05, 0.1) is 74.8 Å². The molecule has 0 radical (unpaired) electrons. The Labute approximate surface area is 387 Å². The lowest BCUT2D eigenvalue weighted by atomic mass is 10.0. The SMILES string of the molecule is CC(C)[C@@H]1NC(=O)c2nc(n(C)c2COCc2ccccc2)[C@H](C(C)C)NC(=O)c2nc(n(C)c2COCc2ccccc2)[C@H](C(C)C)NC(=O)c2nc1n(C)c2COCc1ccccc1. The second-order valence-electron chi connectivity index (χ2n) is 18.0. The Morgan fingerprint density at radius 1 is 0.424 bits per heavy atom. The smallest absolute Gasteiger partial charge is 0.272 e. The molecular weight excluding hydrogens is 835 g/mol. The lowest BCUT2D eigenvalue weighted by molar-refractivity contribution is 0.0878. The molecule has 3 N–H and O–H groups in total. The summed E-state index contributed by atoms with van der Waals surface area (Å²) < 4.78 is 24.3. The van der Waals surface area contributed by atoms with E-state index in [1.807, 2.05) is 167 Å². The Morgan fingerprint density at radius 2 is 0.667 bits per heavy atom. The zero-order valence-electron chi connectivity index (χ0n) is 39.5. The molecule has 1 aliphatic rings. The number of nitrogens with zero attached hydrogens (tertiary/aromatic N) is 6. The average molecular weight is 898 g/mol. The van der Waals surface area contributed by atoms with Crippen LogP contribution in [-0.4, -0.2) is 46.4 Å². The number of hydrogen-bond donors (Lipinski definition) is 3. The first-order chi connectivity index (χ1) is 31.7. The van der Waals surface area contributed by atoms with Crippen molar-refractivity contribution in [1.29, 1.82) is 0 Å². The number of nitrogens with one attached hydrogen (secondary N) is 3. The van der Waals surface area contributed by atoms with Gasteiger partial charge in [0.25, 0.3) is 17.7 Å². The first-order valence-electron chi connectivity index (χ1n) is 22.7. The number of benzene rings is 3. The third kappa shape index (κ3) is 10.6. The van der Waals surface area contributed by atoms with E-state index >= 15 is 0 Å². The normalized spacial score (nSPS) is 16.9. The molecular formula is C51H63N9O6. The molecule has 0 unspecified atom stereocenters. The molecule has 66 heavy (non-hydrogen) atoms. The molecule has 1 aliphatic heterocycles. The van der Waals surface area contributed by atoms with Crippen molar-refractivity contribution in [2.75, 3.05) is 0 Å². The first-order valence-corrected chi connectivity index (χ1v) is 22.7. The molecule has 15 nitrogen and oxygen atoms in total. The van der Waals surface area contributed by atoms with E-state index in [1.165, 1.54) is 0 Å². The van der Waals surface area contributed by atoms with Gasteiger partial charge in [-0.2, -0.15) is 0 Å². The van der Waals surface area contributed by atoms with Gasteiger partial charge in [0, 0.05) is 21.1 Å². The van der Waals surface area contributed by atoms with Crippen molar-refractivity contribution in [3.05, 3.63) is 159 Å². The number of hydrogen-bond acceptors (Lipinski definition) is 9. The van der Waals surface area contributed by atoms with Crippen LogP contribution in [0.3, 0.4) is 0 Å². The predicted molar refractivity (Wildman–Crippen MR) is 250 cm³/mol. The van der Waals surface area contributed by atoms with Crippen LogP contribution in [0.5, 0.6) is 0 Å². The fraction of sp³-hybridized carbons (Fsp3) is 0.412. The van der Waals surface area contributed by atoms with Gasteiger partial charge in [-0.15, -0.1) is 0 Å². The lowest BCUT2D eigenvalue weighted by Gasteiger charge is -2.22. The highest BCUT2D eigenvalue weighted by atomic mass is 16.5. The molecule has 15 heteroatoms. The van der Waals surface area contributed by atoms with E-state index in [0.717, 1.165) is 16.7 Å². The summed E-state index contributed by atoms with van der Waals surface area (Å²) in [4.78, 5) is 59.4. The molecule has 6 aromatic rings. The van der Waals surface area contributed by atoms with E-state index in [1.54, 1.807) is 0 Å². The van der Waals surface area contributed by atoms with Crippen molar-refractivity contribution in [2.45, 2.75) is 99.3 Å². The fourth-order valence-corrected chi connectivity index (χ4v) is 8.27. The molecule has 4 heterocycles. The molecule has 0 spiro atoms. The molecule has 3 aromatic carbocycles. The summed E-state index contributed by atoms with van der Waals surface area (Å²) in [5.74, 6) is -0.435. The molecule has 3 aromatic heterocycles. The number of fused-ring (bicyclic) bond motifs is 6. The molecule has 348 valence electrons. The van der Waals surface area contributed by atoms with Gasteiger partial charge in [-0.05, 0) is 34.4 Å². The molecule has 0 saturated heterocycles. The number of rotatable bonds is 15. The Balaban J connectivity index is 1.36. The number of imidazole rings is 3. The number of carbonyl (C=O) groups is 3. The van der Waals surface area contributed by atoms with Crippen LogP contribution in [0.2, 0.25) is 0 Å². The van der Waals surface area contributed by atoms with E-state index in [-0.39, 0.29) is 54.7 Å². The van der Waals surface area contributed by atoms with E-state index in [2.05, 4.69) is 16.0 Å². The van der Waals surface area contributed by atoms with Crippen LogP contribution in [0.1, 0.15) is 142 Å². The Bertz CT molecular complexity index is 2310. The maximum Gasteiger partial charge on any atom is 0.272 e. The molecule has 0 fully saturated rings. The van der Waals surface area contributed by atoms with Crippen LogP contribution in [0, 0.1) is 17.8 Å². The van der Waals surface area contributed by atoms with Crippen molar-refractivity contribution < 1.29 is 28.6 Å². The third-order valence-corrected chi connectivity index (χ3v) is 12.1. The second kappa shape index (κ2) is 21.3. The van der Waals surface area contributed by atoms with E-state index in [4.69, 9.17) is 29.2 Å². The van der Waals surface area contributed by atoms with E-state index in [0.29, 0.717) is 54.4 Å². The van der Waals surface area contributed by atoms with Gasteiger partial charge in [-0.1, -0.05) is 133 Å². The Kier molecular flexibility index (Phi) is 15.3. The van der Waals surface area contributed by atoms with Crippen molar-refractivity contribution in [2.24, 2.45) is 38.9 Å². The number of amides is 3. The van der Waals surface area contributed by atoms with Gasteiger partial charge in [-0.3, -0.25) is 14.4 Å². The minimum atomic E-state index is -0.656. The minimum Gasteiger partial charge on any atom is -0.370 e. The zero-order valence-corrected chi connectivity index (χ0v) is 39.5.